The van der Waals surface area contributed by atoms with Crippen LogP contribution in [0.4, 0.5) is 18.9 Å². The number of aliphatic hydroxyl groups is 2. The summed E-state index contributed by atoms with van der Waals surface area (Å²) in [5.74, 6) is -4.17. The topological polar surface area (TPSA) is 105 Å². The Morgan fingerprint density at radius 1 is 1.14 bits per heavy atom. The van der Waals surface area contributed by atoms with Crippen LogP contribution >= 0.6 is 0 Å². The predicted molar refractivity (Wildman–Crippen MR) is 129 cm³/mol. The third kappa shape index (κ3) is 4.46. The molecule has 5 aliphatic rings. The Bertz CT molecular complexity index is 1240. The van der Waals surface area contributed by atoms with Gasteiger partial charge in [-0.1, -0.05) is 12.6 Å². The molecule has 8 nitrogen and oxygen atoms in total. The van der Waals surface area contributed by atoms with Crippen molar-refractivity contribution in [1.29, 1.82) is 0 Å². The highest BCUT2D eigenvalue weighted by Crippen LogP contribution is 2.48. The molecule has 0 spiro atoms. The number of aliphatic imine (C=N–C) groups is 1. The molecular formula is C26H27F3N4O4. The molecule has 3 N–H and O–H groups in total. The van der Waals surface area contributed by atoms with Gasteiger partial charge in [-0.2, -0.15) is 0 Å². The van der Waals surface area contributed by atoms with Crippen LogP contribution in [-0.4, -0.2) is 64.0 Å². The normalized spacial score (nSPS) is 30.9. The van der Waals surface area contributed by atoms with Crippen LogP contribution in [0.2, 0.25) is 0 Å². The summed E-state index contributed by atoms with van der Waals surface area (Å²) in [5, 5.41) is 22.7. The fourth-order valence-corrected chi connectivity index (χ4v) is 5.52. The first-order valence-electron chi connectivity index (χ1n) is 12.1. The van der Waals surface area contributed by atoms with Crippen molar-refractivity contribution in [1.82, 2.24) is 10.2 Å². The van der Waals surface area contributed by atoms with Gasteiger partial charge in [0.2, 0.25) is 5.78 Å². The smallest absolute Gasteiger partial charge is 0.257 e. The van der Waals surface area contributed by atoms with Crippen molar-refractivity contribution in [3.8, 4) is 0 Å². The molecule has 3 aliphatic carbocycles. The molecule has 1 aromatic carbocycles. The molecule has 6 rings (SSSR count). The number of anilines is 1. The highest BCUT2D eigenvalue weighted by atomic mass is 19.1. The maximum Gasteiger partial charge on any atom is 0.257 e. The molecule has 2 bridgehead atoms. The van der Waals surface area contributed by atoms with Gasteiger partial charge in [0, 0.05) is 25.3 Å². The van der Waals surface area contributed by atoms with Crippen LogP contribution in [0.25, 0.3) is 0 Å². The van der Waals surface area contributed by atoms with Crippen LogP contribution in [0.1, 0.15) is 26.2 Å². The minimum absolute atomic E-state index is 0.0788. The van der Waals surface area contributed by atoms with Gasteiger partial charge in [-0.25, -0.2) is 18.2 Å². The van der Waals surface area contributed by atoms with E-state index in [2.05, 4.69) is 16.9 Å². The number of Topliss-reactive ketones (excluding diaryl/α,β-unsaturated/α-hetero) is 1. The number of allylic oxidation sites excluding steroid dienone is 1. The average molecular weight is 517 g/mol. The van der Waals surface area contributed by atoms with E-state index in [4.69, 9.17) is 0 Å². The van der Waals surface area contributed by atoms with E-state index < -0.39 is 52.9 Å². The SMILES string of the molecule is C=C1C(=O)C(C(=O)NC2CC3CC2C3)=CN(c2c(F)cccc2F)C1=N/C(=C(\C)F)N1C[C@@H](O)[C@H](O)C1. The Morgan fingerprint density at radius 2 is 1.76 bits per heavy atom. The fourth-order valence-electron chi connectivity index (χ4n) is 5.52. The molecule has 1 saturated heterocycles. The zero-order valence-corrected chi connectivity index (χ0v) is 20.1. The predicted octanol–water partition coefficient (Wildman–Crippen LogP) is 2.30. The lowest BCUT2D eigenvalue weighted by Gasteiger charge is -2.31. The average Bonchev–Trinajstić information content (AvgIpc) is 3.48. The summed E-state index contributed by atoms with van der Waals surface area (Å²) < 4.78 is 44.4. The monoisotopic (exact) mass is 516 g/mol. The molecule has 11 heteroatoms. The molecule has 3 atom stereocenters. The zero-order valence-electron chi connectivity index (χ0n) is 20.1. The standard InChI is InChI=1S/C26H27F3N4O4/c1-12-23(36)16(26(37)30-19-8-14-6-15(19)7-14)9-33(22-17(28)4-3-5-18(22)29)24(12)31-25(13(2)27)32-10-20(34)21(35)11-32/h3-5,9,14-15,19-21,34-35H,1,6-8,10-11H2,2H3,(H,30,37)/b25-13-,31-24?/t14?,15?,19?,20-,21-/m1/s1. The third-order valence-electron chi connectivity index (χ3n) is 7.52. The molecule has 2 aliphatic heterocycles. The summed E-state index contributed by atoms with van der Waals surface area (Å²) in [5.41, 5.74) is -1.36. The van der Waals surface area contributed by atoms with Crippen molar-refractivity contribution >= 4 is 23.2 Å². The zero-order chi connectivity index (χ0) is 26.6. The van der Waals surface area contributed by atoms with Crippen LogP contribution in [0.15, 0.2) is 58.8 Å². The number of β-amino-alcohol motifs (C(OH)–C–C–N with tert-alkyl or cyclic N) is 2. The van der Waals surface area contributed by atoms with E-state index in [1.807, 2.05) is 0 Å². The Balaban J connectivity index is 1.58. The number of hydrogen-bond donors (Lipinski definition) is 3. The summed E-state index contributed by atoms with van der Waals surface area (Å²) in [6.45, 7) is 4.49. The first-order chi connectivity index (χ1) is 17.5. The number of amidine groups is 1. The van der Waals surface area contributed by atoms with Gasteiger partial charge in [-0.3, -0.25) is 14.5 Å². The Kier molecular flexibility index (Phi) is 6.45. The van der Waals surface area contributed by atoms with E-state index in [-0.39, 0.29) is 36.1 Å². The number of carbonyl (C=O) groups is 2. The van der Waals surface area contributed by atoms with Crippen molar-refractivity contribution in [2.45, 2.75) is 44.4 Å². The maximum absolute atomic E-state index is 14.9. The second-order valence-corrected chi connectivity index (χ2v) is 10.0. The summed E-state index contributed by atoms with van der Waals surface area (Å²) in [6.07, 6.45) is 1.52. The van der Waals surface area contributed by atoms with E-state index in [1.54, 1.807) is 0 Å². The summed E-state index contributed by atoms with van der Waals surface area (Å²) in [7, 11) is 0. The second kappa shape index (κ2) is 9.46. The third-order valence-corrected chi connectivity index (χ3v) is 7.52. The number of rotatable bonds is 5. The van der Waals surface area contributed by atoms with Gasteiger partial charge < -0.3 is 20.4 Å². The van der Waals surface area contributed by atoms with Gasteiger partial charge in [0.15, 0.2) is 11.7 Å². The Labute approximate surface area is 211 Å². The Hall–Kier alpha value is -3.44. The van der Waals surface area contributed by atoms with Crippen molar-refractivity contribution < 1.29 is 33.0 Å². The number of halogens is 3. The lowest BCUT2D eigenvalue weighted by molar-refractivity contribution is -0.121. The molecule has 1 amide bonds. The molecule has 1 aromatic rings. The highest BCUT2D eigenvalue weighted by molar-refractivity contribution is 6.40. The molecule has 0 aromatic heterocycles. The summed E-state index contributed by atoms with van der Waals surface area (Å²) >= 11 is 0. The van der Waals surface area contributed by atoms with Crippen LogP contribution in [0.5, 0.6) is 0 Å². The van der Waals surface area contributed by atoms with Crippen molar-refractivity contribution in [3.63, 3.8) is 0 Å². The number of nitrogens with zero attached hydrogens (tertiary/aromatic N) is 3. The lowest BCUT2D eigenvalue weighted by atomic mass is 9.84. The number of hydrogen-bond acceptors (Lipinski definition) is 6. The molecule has 3 saturated carbocycles. The molecule has 196 valence electrons. The minimum atomic E-state index is -1.16. The van der Waals surface area contributed by atoms with Crippen LogP contribution in [0, 0.1) is 23.5 Å². The van der Waals surface area contributed by atoms with Crippen LogP contribution in [-0.2, 0) is 9.59 Å². The van der Waals surface area contributed by atoms with Gasteiger partial charge in [0.1, 0.15) is 28.7 Å². The first-order valence-corrected chi connectivity index (χ1v) is 12.1. The molecule has 2 heterocycles. The van der Waals surface area contributed by atoms with E-state index in [9.17, 15) is 33.0 Å². The molecule has 0 radical (unpaired) electrons. The van der Waals surface area contributed by atoms with E-state index >= 15 is 0 Å². The van der Waals surface area contributed by atoms with E-state index in [1.165, 1.54) is 4.90 Å². The number of para-hydroxylation sites is 1. The number of aliphatic hydroxyl groups excluding tert-OH is 2. The molecule has 4 fully saturated rings. The van der Waals surface area contributed by atoms with Crippen LogP contribution < -0.4 is 10.2 Å². The number of benzene rings is 1. The molecular weight excluding hydrogens is 489 g/mol. The summed E-state index contributed by atoms with van der Waals surface area (Å²) in [6, 6.07) is 3.07. The lowest BCUT2D eigenvalue weighted by Crippen LogP contribution is -2.44. The van der Waals surface area contributed by atoms with Gasteiger partial charge in [0.25, 0.3) is 5.91 Å². The number of amides is 1. The number of nitrogens with one attached hydrogen (secondary N) is 1. The number of fused-ring (bicyclic) bond motifs is 1. The van der Waals surface area contributed by atoms with Crippen LogP contribution in [0.3, 0.4) is 0 Å². The van der Waals surface area contributed by atoms with Gasteiger partial charge in [-0.15, -0.1) is 0 Å². The Morgan fingerprint density at radius 3 is 2.30 bits per heavy atom. The molecule has 1 unspecified atom stereocenters. The van der Waals surface area contributed by atoms with Crippen molar-refractivity contribution in [2.24, 2.45) is 16.8 Å². The van der Waals surface area contributed by atoms with Gasteiger partial charge >= 0.3 is 0 Å². The number of likely N-dealkylation sites (tertiary alicyclic amines) is 1. The van der Waals surface area contributed by atoms with Crippen molar-refractivity contribution in [2.75, 3.05) is 18.0 Å². The largest absolute Gasteiger partial charge is 0.389 e. The summed E-state index contributed by atoms with van der Waals surface area (Å²) in [4.78, 5) is 32.7. The second-order valence-electron chi connectivity index (χ2n) is 10.0. The number of carbonyl (C=O) groups excluding carboxylic acids is 2. The van der Waals surface area contributed by atoms with Gasteiger partial charge in [0.05, 0.1) is 17.8 Å². The first kappa shape index (κ1) is 25.2. The van der Waals surface area contributed by atoms with E-state index in [0.717, 1.165) is 55.5 Å². The quantitative estimate of drug-likeness (QED) is 0.410. The molecule has 37 heavy (non-hydrogen) atoms. The van der Waals surface area contributed by atoms with Gasteiger partial charge in [-0.05, 0) is 50.2 Å². The fraction of sp³-hybridized carbons (Fsp3) is 0.423. The minimum Gasteiger partial charge on any atom is -0.389 e. The maximum atomic E-state index is 14.9. The highest BCUT2D eigenvalue weighted by Gasteiger charge is 2.46. The number of ketones is 1. The van der Waals surface area contributed by atoms with E-state index in [0.29, 0.717) is 11.8 Å². The van der Waals surface area contributed by atoms with Crippen molar-refractivity contribution in [3.05, 3.63) is 65.4 Å².